The summed E-state index contributed by atoms with van der Waals surface area (Å²) in [6.45, 7) is 2.37. The van der Waals surface area contributed by atoms with Crippen LogP contribution < -0.4 is 15.4 Å². The number of aliphatic carboxylic acids is 1. The minimum absolute atomic E-state index is 0.0834. The van der Waals surface area contributed by atoms with Gasteiger partial charge in [0.1, 0.15) is 12.4 Å². The average molecular weight is 342 g/mol. The van der Waals surface area contributed by atoms with Crippen molar-refractivity contribution in [1.82, 2.24) is 10.6 Å². The molecule has 2 rings (SSSR count). The van der Waals surface area contributed by atoms with Gasteiger partial charge >= 0.3 is 12.0 Å². The van der Waals surface area contributed by atoms with Crippen LogP contribution in [0.4, 0.5) is 4.79 Å². The molecule has 0 spiro atoms. The van der Waals surface area contributed by atoms with Crippen LogP contribution >= 0.6 is 0 Å². The molecule has 0 heterocycles. The summed E-state index contributed by atoms with van der Waals surface area (Å²) < 4.78 is 5.89. The molecule has 3 N–H and O–H groups in total. The standard InChI is InChI=1S/C19H22N2O4/c1-14(21-19(24)20-12-11-18(22)23)16-9-5-6-10-17(16)25-13-15-7-3-2-4-8-15/h2-10,14H,11-13H2,1H3,(H,22,23)(H2,20,21,24)/t14-/m1/s1. The number of hydrogen-bond donors (Lipinski definition) is 3. The predicted octanol–water partition coefficient (Wildman–Crippen LogP) is 3.10. The number of urea groups is 1. The fraction of sp³-hybridized carbons (Fsp3) is 0.263. The van der Waals surface area contributed by atoms with Gasteiger partial charge in [0.2, 0.25) is 0 Å². The maximum absolute atomic E-state index is 11.8. The van der Waals surface area contributed by atoms with E-state index < -0.39 is 12.0 Å². The summed E-state index contributed by atoms with van der Waals surface area (Å²) >= 11 is 0. The summed E-state index contributed by atoms with van der Waals surface area (Å²) in [6.07, 6.45) is -0.113. The Balaban J connectivity index is 1.94. The normalized spacial score (nSPS) is 11.4. The highest BCUT2D eigenvalue weighted by atomic mass is 16.5. The van der Waals surface area contributed by atoms with E-state index in [4.69, 9.17) is 9.84 Å². The molecule has 0 saturated carbocycles. The van der Waals surface area contributed by atoms with Crippen LogP contribution in [0.1, 0.15) is 30.5 Å². The van der Waals surface area contributed by atoms with Gasteiger partial charge in [-0.3, -0.25) is 4.79 Å². The van der Waals surface area contributed by atoms with Crippen LogP contribution in [0.15, 0.2) is 54.6 Å². The van der Waals surface area contributed by atoms with E-state index in [9.17, 15) is 9.59 Å². The second kappa shape index (κ2) is 9.32. The highest BCUT2D eigenvalue weighted by Crippen LogP contribution is 2.25. The Labute approximate surface area is 146 Å². The van der Waals surface area contributed by atoms with Crippen LogP contribution in [-0.2, 0) is 11.4 Å². The minimum atomic E-state index is -0.951. The fourth-order valence-electron chi connectivity index (χ4n) is 2.31. The maximum Gasteiger partial charge on any atom is 0.315 e. The van der Waals surface area contributed by atoms with E-state index in [1.165, 1.54) is 0 Å². The van der Waals surface area contributed by atoms with E-state index >= 15 is 0 Å². The number of rotatable bonds is 8. The Bertz CT molecular complexity index is 704. The largest absolute Gasteiger partial charge is 0.489 e. The number of amides is 2. The van der Waals surface area contributed by atoms with Crippen LogP contribution in [-0.4, -0.2) is 23.7 Å². The average Bonchev–Trinajstić information content (AvgIpc) is 2.60. The molecule has 6 nitrogen and oxygen atoms in total. The molecular formula is C19H22N2O4. The van der Waals surface area contributed by atoms with Crippen LogP contribution in [0.3, 0.4) is 0 Å². The van der Waals surface area contributed by atoms with E-state index in [-0.39, 0.29) is 19.0 Å². The van der Waals surface area contributed by atoms with E-state index in [1.54, 1.807) is 0 Å². The molecule has 2 aromatic rings. The fourth-order valence-corrected chi connectivity index (χ4v) is 2.31. The van der Waals surface area contributed by atoms with Crippen molar-refractivity contribution in [2.45, 2.75) is 26.0 Å². The molecule has 0 radical (unpaired) electrons. The zero-order valence-corrected chi connectivity index (χ0v) is 14.1. The molecule has 2 amide bonds. The van der Waals surface area contributed by atoms with Crippen molar-refractivity contribution in [3.63, 3.8) is 0 Å². The quantitative estimate of drug-likeness (QED) is 0.688. The first-order valence-corrected chi connectivity index (χ1v) is 8.08. The number of hydrogen-bond acceptors (Lipinski definition) is 3. The first-order valence-electron chi connectivity index (χ1n) is 8.08. The monoisotopic (exact) mass is 342 g/mol. The number of carboxylic acid groups (broad SMARTS) is 1. The van der Waals surface area contributed by atoms with Crippen molar-refractivity contribution in [2.24, 2.45) is 0 Å². The lowest BCUT2D eigenvalue weighted by Gasteiger charge is -2.18. The molecule has 0 saturated heterocycles. The zero-order chi connectivity index (χ0) is 18.1. The third-order valence-electron chi connectivity index (χ3n) is 3.59. The van der Waals surface area contributed by atoms with Gasteiger partial charge in [-0.1, -0.05) is 48.5 Å². The number of para-hydroxylation sites is 1. The lowest BCUT2D eigenvalue weighted by atomic mass is 10.1. The Hall–Kier alpha value is -3.02. The van der Waals surface area contributed by atoms with E-state index in [0.29, 0.717) is 12.4 Å². The molecule has 0 aromatic heterocycles. The summed E-state index contributed by atoms with van der Waals surface area (Å²) in [7, 11) is 0. The molecular weight excluding hydrogens is 320 g/mol. The van der Waals surface area contributed by atoms with Crippen molar-refractivity contribution >= 4 is 12.0 Å². The molecule has 1 atom stereocenters. The van der Waals surface area contributed by atoms with Gasteiger partial charge < -0.3 is 20.5 Å². The molecule has 0 aliphatic rings. The summed E-state index contributed by atoms with van der Waals surface area (Å²) in [4.78, 5) is 22.3. The molecule has 0 unspecified atom stereocenters. The Morgan fingerprint density at radius 1 is 1.08 bits per heavy atom. The summed E-state index contributed by atoms with van der Waals surface area (Å²) in [6, 6.07) is 16.7. The molecule has 0 aliphatic carbocycles. The van der Waals surface area contributed by atoms with Crippen molar-refractivity contribution in [3.05, 3.63) is 65.7 Å². The molecule has 2 aromatic carbocycles. The molecule has 0 aliphatic heterocycles. The van der Waals surface area contributed by atoms with Gasteiger partial charge in [-0.25, -0.2) is 4.79 Å². The van der Waals surface area contributed by atoms with Gasteiger partial charge in [0.15, 0.2) is 0 Å². The lowest BCUT2D eigenvalue weighted by molar-refractivity contribution is -0.136. The van der Waals surface area contributed by atoms with Crippen LogP contribution in [0.25, 0.3) is 0 Å². The predicted molar refractivity (Wildman–Crippen MR) is 94.4 cm³/mol. The summed E-state index contributed by atoms with van der Waals surface area (Å²) in [5.41, 5.74) is 1.91. The van der Waals surface area contributed by atoms with Crippen LogP contribution in [0.2, 0.25) is 0 Å². The van der Waals surface area contributed by atoms with E-state index in [0.717, 1.165) is 11.1 Å². The number of carbonyl (C=O) groups excluding carboxylic acids is 1. The van der Waals surface area contributed by atoms with Gasteiger partial charge in [0, 0.05) is 12.1 Å². The van der Waals surface area contributed by atoms with Gasteiger partial charge in [-0.15, -0.1) is 0 Å². The smallest absolute Gasteiger partial charge is 0.315 e. The maximum atomic E-state index is 11.8. The second-order valence-electron chi connectivity index (χ2n) is 5.58. The number of carboxylic acids is 1. The summed E-state index contributed by atoms with van der Waals surface area (Å²) in [5.74, 6) is -0.252. The molecule has 0 fully saturated rings. The van der Waals surface area contributed by atoms with E-state index in [1.807, 2.05) is 61.5 Å². The second-order valence-corrected chi connectivity index (χ2v) is 5.58. The van der Waals surface area contributed by atoms with Gasteiger partial charge in [-0.05, 0) is 18.6 Å². The number of benzene rings is 2. The Morgan fingerprint density at radius 2 is 1.76 bits per heavy atom. The van der Waals surface area contributed by atoms with Crippen molar-refractivity contribution in [1.29, 1.82) is 0 Å². The highest BCUT2D eigenvalue weighted by Gasteiger charge is 2.14. The third-order valence-corrected chi connectivity index (χ3v) is 3.59. The third kappa shape index (κ3) is 6.18. The van der Waals surface area contributed by atoms with E-state index in [2.05, 4.69) is 10.6 Å². The van der Waals surface area contributed by atoms with Crippen molar-refractivity contribution in [3.8, 4) is 5.75 Å². The van der Waals surface area contributed by atoms with Crippen LogP contribution in [0, 0.1) is 0 Å². The number of carbonyl (C=O) groups is 2. The highest BCUT2D eigenvalue weighted by molar-refractivity contribution is 5.75. The first kappa shape index (κ1) is 18.3. The number of nitrogens with one attached hydrogen (secondary N) is 2. The Kier molecular flexibility index (Phi) is 6.83. The lowest BCUT2D eigenvalue weighted by Crippen LogP contribution is -2.38. The minimum Gasteiger partial charge on any atom is -0.489 e. The van der Waals surface area contributed by atoms with Gasteiger partial charge in [-0.2, -0.15) is 0 Å². The topological polar surface area (TPSA) is 87.7 Å². The van der Waals surface area contributed by atoms with Gasteiger partial charge in [0.05, 0.1) is 12.5 Å². The first-order chi connectivity index (χ1) is 12.1. The van der Waals surface area contributed by atoms with Crippen molar-refractivity contribution < 1.29 is 19.4 Å². The zero-order valence-electron chi connectivity index (χ0n) is 14.1. The molecule has 132 valence electrons. The molecule has 25 heavy (non-hydrogen) atoms. The summed E-state index contributed by atoms with van der Waals surface area (Å²) in [5, 5.41) is 13.9. The van der Waals surface area contributed by atoms with Crippen LogP contribution in [0.5, 0.6) is 5.75 Å². The Morgan fingerprint density at radius 3 is 2.48 bits per heavy atom. The number of ether oxygens (including phenoxy) is 1. The van der Waals surface area contributed by atoms with Gasteiger partial charge in [0.25, 0.3) is 0 Å². The molecule has 6 heteroatoms. The van der Waals surface area contributed by atoms with Crippen molar-refractivity contribution in [2.75, 3.05) is 6.54 Å². The SMILES string of the molecule is C[C@@H](NC(=O)NCCC(=O)O)c1ccccc1OCc1ccccc1. The molecule has 0 bridgehead atoms.